The lowest BCUT2D eigenvalue weighted by atomic mass is 9.64. The van der Waals surface area contributed by atoms with Crippen LogP contribution in [0.3, 0.4) is 0 Å². The van der Waals surface area contributed by atoms with Crippen molar-refractivity contribution in [3.63, 3.8) is 0 Å². The van der Waals surface area contributed by atoms with Gasteiger partial charge in [0.1, 0.15) is 17.9 Å². The van der Waals surface area contributed by atoms with Crippen LogP contribution >= 0.6 is 11.6 Å². The molecule has 0 radical (unpaired) electrons. The van der Waals surface area contributed by atoms with Crippen LogP contribution in [0.5, 0.6) is 5.75 Å². The van der Waals surface area contributed by atoms with Gasteiger partial charge in [0.2, 0.25) is 0 Å². The molecule has 2 atom stereocenters. The first-order chi connectivity index (χ1) is 9.34. The van der Waals surface area contributed by atoms with Crippen molar-refractivity contribution in [2.75, 3.05) is 0 Å². The topological polar surface area (TPSA) is 45.0 Å². The van der Waals surface area contributed by atoms with E-state index >= 15 is 0 Å². The summed E-state index contributed by atoms with van der Waals surface area (Å²) in [6.07, 6.45) is 1.16. The maximum Gasteiger partial charge on any atom is 0.121 e. The molecule has 0 saturated heterocycles. The van der Waals surface area contributed by atoms with Crippen molar-refractivity contribution in [1.82, 2.24) is 5.32 Å². The summed E-state index contributed by atoms with van der Waals surface area (Å²) < 4.78 is 6.02. The van der Waals surface area contributed by atoms with Crippen molar-refractivity contribution in [2.45, 2.75) is 52.3 Å². The van der Waals surface area contributed by atoms with Crippen molar-refractivity contribution in [3.8, 4) is 11.8 Å². The Morgan fingerprint density at radius 1 is 1.45 bits per heavy atom. The molecule has 20 heavy (non-hydrogen) atoms. The predicted octanol–water partition coefficient (Wildman–Crippen LogP) is 3.76. The molecule has 108 valence electrons. The van der Waals surface area contributed by atoms with E-state index < -0.39 is 0 Å². The SMILES string of the molecule is CC(C)N[C@@H]1C[C@H](Oc2ccc(C#N)c(Cl)c2)C1(C)C. The molecule has 0 aromatic heterocycles. The second-order valence-electron chi connectivity index (χ2n) is 6.29. The highest BCUT2D eigenvalue weighted by Crippen LogP contribution is 2.43. The minimum atomic E-state index is 0.0879. The van der Waals surface area contributed by atoms with Crippen molar-refractivity contribution in [2.24, 2.45) is 5.41 Å². The van der Waals surface area contributed by atoms with Crippen molar-refractivity contribution in [1.29, 1.82) is 5.26 Å². The molecule has 0 heterocycles. The van der Waals surface area contributed by atoms with Gasteiger partial charge in [-0.25, -0.2) is 0 Å². The molecule has 0 bridgehead atoms. The Morgan fingerprint density at radius 2 is 2.15 bits per heavy atom. The summed E-state index contributed by atoms with van der Waals surface area (Å²) in [5.41, 5.74) is 0.566. The Kier molecular flexibility index (Phi) is 4.27. The van der Waals surface area contributed by atoms with E-state index in [0.717, 1.165) is 12.2 Å². The number of nitrogens with zero attached hydrogens (tertiary/aromatic N) is 1. The lowest BCUT2D eigenvalue weighted by Gasteiger charge is -2.52. The molecule has 4 heteroatoms. The minimum Gasteiger partial charge on any atom is -0.490 e. The number of nitriles is 1. The first-order valence-electron chi connectivity index (χ1n) is 6.97. The highest BCUT2D eigenvalue weighted by Gasteiger charge is 2.49. The zero-order chi connectivity index (χ0) is 14.9. The summed E-state index contributed by atoms with van der Waals surface area (Å²) in [4.78, 5) is 0. The van der Waals surface area contributed by atoms with E-state index in [1.165, 1.54) is 0 Å². The number of benzene rings is 1. The molecular weight excluding hydrogens is 272 g/mol. The van der Waals surface area contributed by atoms with Crippen LogP contribution in [-0.2, 0) is 0 Å². The van der Waals surface area contributed by atoms with Gasteiger partial charge in [-0.3, -0.25) is 0 Å². The third kappa shape index (κ3) is 2.92. The molecule has 1 aliphatic rings. The summed E-state index contributed by atoms with van der Waals surface area (Å²) >= 11 is 6.03. The smallest absolute Gasteiger partial charge is 0.121 e. The van der Waals surface area contributed by atoms with Crippen molar-refractivity contribution in [3.05, 3.63) is 28.8 Å². The molecule has 2 rings (SSSR count). The highest BCUT2D eigenvalue weighted by molar-refractivity contribution is 6.31. The van der Waals surface area contributed by atoms with E-state index in [-0.39, 0.29) is 11.5 Å². The van der Waals surface area contributed by atoms with Gasteiger partial charge < -0.3 is 10.1 Å². The first kappa shape index (κ1) is 15.2. The van der Waals surface area contributed by atoms with Crippen molar-refractivity contribution < 1.29 is 4.74 Å². The van der Waals surface area contributed by atoms with Gasteiger partial charge in [-0.1, -0.05) is 39.3 Å². The van der Waals surface area contributed by atoms with Gasteiger partial charge in [0, 0.05) is 30.0 Å². The zero-order valence-corrected chi connectivity index (χ0v) is 13.2. The Morgan fingerprint density at radius 3 is 2.65 bits per heavy atom. The van der Waals surface area contributed by atoms with Crippen molar-refractivity contribution >= 4 is 11.6 Å². The van der Waals surface area contributed by atoms with E-state index in [4.69, 9.17) is 21.6 Å². The van der Waals surface area contributed by atoms with Crippen LogP contribution in [0, 0.1) is 16.7 Å². The molecule has 1 aromatic carbocycles. The van der Waals surface area contributed by atoms with Crippen LogP contribution in [0.15, 0.2) is 18.2 Å². The Hall–Kier alpha value is -1.24. The predicted molar refractivity (Wildman–Crippen MR) is 81.0 cm³/mol. The fraction of sp³-hybridized carbons (Fsp3) is 0.562. The molecule has 1 aromatic rings. The number of nitrogens with one attached hydrogen (secondary N) is 1. The monoisotopic (exact) mass is 292 g/mol. The number of ether oxygens (including phenoxy) is 1. The van der Waals surface area contributed by atoms with Crippen LogP contribution < -0.4 is 10.1 Å². The van der Waals surface area contributed by atoms with Gasteiger partial charge in [-0.2, -0.15) is 5.26 Å². The molecule has 0 aliphatic heterocycles. The summed E-state index contributed by atoms with van der Waals surface area (Å²) in [7, 11) is 0. The summed E-state index contributed by atoms with van der Waals surface area (Å²) in [5.74, 6) is 0.732. The number of rotatable bonds is 4. The van der Waals surface area contributed by atoms with Gasteiger partial charge in [0.05, 0.1) is 10.6 Å². The lowest BCUT2D eigenvalue weighted by molar-refractivity contribution is -0.0574. The van der Waals surface area contributed by atoms with Crippen LogP contribution in [0.4, 0.5) is 0 Å². The molecule has 1 aliphatic carbocycles. The average Bonchev–Trinajstić information content (AvgIpc) is 2.37. The van der Waals surface area contributed by atoms with E-state index in [1.54, 1.807) is 12.1 Å². The fourth-order valence-corrected chi connectivity index (χ4v) is 2.81. The molecule has 1 saturated carbocycles. The molecule has 1 N–H and O–H groups in total. The fourth-order valence-electron chi connectivity index (χ4n) is 2.59. The largest absolute Gasteiger partial charge is 0.490 e. The van der Waals surface area contributed by atoms with E-state index in [2.05, 4.69) is 39.1 Å². The van der Waals surface area contributed by atoms with Crippen LogP contribution in [0.2, 0.25) is 5.02 Å². The van der Waals surface area contributed by atoms with Gasteiger partial charge in [0.25, 0.3) is 0 Å². The first-order valence-corrected chi connectivity index (χ1v) is 7.34. The number of halogens is 1. The summed E-state index contributed by atoms with van der Waals surface area (Å²) in [5, 5.41) is 12.9. The molecular formula is C16H21ClN2O. The molecule has 0 amide bonds. The second kappa shape index (κ2) is 5.63. The highest BCUT2D eigenvalue weighted by atomic mass is 35.5. The van der Waals surface area contributed by atoms with Crippen LogP contribution in [0.25, 0.3) is 0 Å². The van der Waals surface area contributed by atoms with E-state index in [0.29, 0.717) is 22.7 Å². The van der Waals surface area contributed by atoms with Gasteiger partial charge in [-0.05, 0) is 12.1 Å². The summed E-state index contributed by atoms with van der Waals surface area (Å²) in [6, 6.07) is 8.23. The maximum atomic E-state index is 8.87. The van der Waals surface area contributed by atoms with Gasteiger partial charge >= 0.3 is 0 Å². The Balaban J connectivity index is 2.02. The molecule has 1 fully saturated rings. The standard InChI is InChI=1S/C16H21ClN2O/c1-10(2)19-14-8-15(16(14,3)4)20-12-6-5-11(9-18)13(17)7-12/h5-7,10,14-15,19H,8H2,1-4H3/t14-,15+/m1/s1. The molecule has 0 spiro atoms. The third-order valence-electron chi connectivity index (χ3n) is 4.05. The Bertz CT molecular complexity index is 534. The van der Waals surface area contributed by atoms with Gasteiger partial charge in [0.15, 0.2) is 0 Å². The third-order valence-corrected chi connectivity index (χ3v) is 4.36. The number of hydrogen-bond acceptors (Lipinski definition) is 3. The van der Waals surface area contributed by atoms with E-state index in [1.807, 2.05) is 6.07 Å². The Labute approximate surface area is 125 Å². The minimum absolute atomic E-state index is 0.0879. The van der Waals surface area contributed by atoms with Gasteiger partial charge in [-0.15, -0.1) is 0 Å². The lowest BCUT2D eigenvalue weighted by Crippen LogP contribution is -2.63. The molecule has 0 unspecified atom stereocenters. The number of hydrogen-bond donors (Lipinski definition) is 1. The molecule has 3 nitrogen and oxygen atoms in total. The maximum absolute atomic E-state index is 8.87. The quantitative estimate of drug-likeness (QED) is 0.919. The van der Waals surface area contributed by atoms with Crippen LogP contribution in [0.1, 0.15) is 39.7 Å². The average molecular weight is 293 g/mol. The zero-order valence-electron chi connectivity index (χ0n) is 12.4. The second-order valence-corrected chi connectivity index (χ2v) is 6.70. The van der Waals surface area contributed by atoms with E-state index in [9.17, 15) is 0 Å². The summed E-state index contributed by atoms with van der Waals surface area (Å²) in [6.45, 7) is 8.74. The normalized spacial score (nSPS) is 24.1. The van der Waals surface area contributed by atoms with Crippen LogP contribution in [-0.4, -0.2) is 18.2 Å².